The van der Waals surface area contributed by atoms with Gasteiger partial charge in [0.25, 0.3) is 5.91 Å². The number of nitrogens with one attached hydrogen (secondary N) is 2. The van der Waals surface area contributed by atoms with Crippen molar-refractivity contribution in [1.82, 2.24) is 10.6 Å². The summed E-state index contributed by atoms with van der Waals surface area (Å²) >= 11 is 1.31. The Hall–Kier alpha value is -2.19. The number of hydrogen-bond acceptors (Lipinski definition) is 5. The summed E-state index contributed by atoms with van der Waals surface area (Å²) in [6.45, 7) is 0.304. The van der Waals surface area contributed by atoms with Gasteiger partial charge in [-0.3, -0.25) is 9.59 Å². The Bertz CT molecular complexity index is 880. The maximum absolute atomic E-state index is 12.7. The van der Waals surface area contributed by atoms with Crippen LogP contribution in [0.25, 0.3) is 0 Å². The first-order valence-corrected chi connectivity index (χ1v) is 11.5. The maximum Gasteiger partial charge on any atom is 0.262 e. The predicted molar refractivity (Wildman–Crippen MR) is 105 cm³/mol. The van der Waals surface area contributed by atoms with Crippen LogP contribution in [0.3, 0.4) is 0 Å². The Morgan fingerprint density at radius 1 is 1.15 bits per heavy atom. The lowest BCUT2D eigenvalue weighted by molar-refractivity contribution is -0.123. The number of amides is 2. The van der Waals surface area contributed by atoms with Crippen molar-refractivity contribution in [3.8, 4) is 0 Å². The van der Waals surface area contributed by atoms with E-state index in [1.54, 1.807) is 12.1 Å². The fourth-order valence-electron chi connectivity index (χ4n) is 3.10. The highest BCUT2D eigenvalue weighted by atomic mass is 32.2. The summed E-state index contributed by atoms with van der Waals surface area (Å²) in [5, 5.41) is 7.43. The van der Waals surface area contributed by atoms with Crippen LogP contribution in [0.2, 0.25) is 0 Å². The predicted octanol–water partition coefficient (Wildman–Crippen LogP) is 1.64. The molecule has 144 valence electrons. The minimum Gasteiger partial charge on any atom is -0.354 e. The number of thiophene rings is 1. The molecule has 27 heavy (non-hydrogen) atoms. The van der Waals surface area contributed by atoms with E-state index in [0.717, 1.165) is 5.56 Å². The number of sulfone groups is 1. The van der Waals surface area contributed by atoms with Gasteiger partial charge < -0.3 is 10.6 Å². The second-order valence-electron chi connectivity index (χ2n) is 6.71. The van der Waals surface area contributed by atoms with Crippen LogP contribution >= 0.6 is 11.3 Å². The van der Waals surface area contributed by atoms with Crippen LogP contribution in [0.1, 0.15) is 21.7 Å². The zero-order valence-electron chi connectivity index (χ0n) is 14.8. The highest BCUT2D eigenvalue weighted by molar-refractivity contribution is 7.91. The van der Waals surface area contributed by atoms with Gasteiger partial charge in [0.05, 0.1) is 16.4 Å². The molecule has 0 bridgehead atoms. The van der Waals surface area contributed by atoms with E-state index >= 15 is 0 Å². The second kappa shape index (κ2) is 8.67. The molecule has 2 atom stereocenters. The van der Waals surface area contributed by atoms with E-state index in [9.17, 15) is 18.0 Å². The Morgan fingerprint density at radius 2 is 1.93 bits per heavy atom. The molecule has 1 aliphatic rings. The largest absolute Gasteiger partial charge is 0.354 e. The summed E-state index contributed by atoms with van der Waals surface area (Å²) in [6, 6.07) is 12.2. The van der Waals surface area contributed by atoms with Gasteiger partial charge in [-0.05, 0) is 29.3 Å². The monoisotopic (exact) mass is 406 g/mol. The zero-order valence-corrected chi connectivity index (χ0v) is 16.4. The summed E-state index contributed by atoms with van der Waals surface area (Å²) in [4.78, 5) is 25.6. The molecule has 2 amide bonds. The highest BCUT2D eigenvalue weighted by Crippen LogP contribution is 2.17. The molecule has 1 aliphatic heterocycles. The Labute approximate surface area is 162 Å². The first kappa shape index (κ1) is 19.6. The highest BCUT2D eigenvalue weighted by Gasteiger charge is 2.29. The molecule has 0 saturated carbocycles. The van der Waals surface area contributed by atoms with Crippen LogP contribution in [0.5, 0.6) is 0 Å². The van der Waals surface area contributed by atoms with Crippen LogP contribution in [0.15, 0.2) is 47.8 Å². The third-order valence-electron chi connectivity index (χ3n) is 4.54. The zero-order chi connectivity index (χ0) is 19.3. The van der Waals surface area contributed by atoms with Crippen molar-refractivity contribution in [3.05, 3.63) is 58.3 Å². The molecule has 1 aromatic heterocycles. The van der Waals surface area contributed by atoms with Gasteiger partial charge in [-0.25, -0.2) is 8.42 Å². The van der Waals surface area contributed by atoms with E-state index < -0.39 is 15.9 Å². The molecule has 6 nitrogen and oxygen atoms in total. The molecular weight excluding hydrogens is 384 g/mol. The second-order valence-corrected chi connectivity index (χ2v) is 9.88. The quantitative estimate of drug-likeness (QED) is 0.731. The van der Waals surface area contributed by atoms with Crippen molar-refractivity contribution < 1.29 is 18.0 Å². The van der Waals surface area contributed by atoms with E-state index in [4.69, 9.17) is 0 Å². The van der Waals surface area contributed by atoms with Crippen molar-refractivity contribution in [2.75, 3.05) is 18.1 Å². The Morgan fingerprint density at radius 3 is 2.56 bits per heavy atom. The Balaban J connectivity index is 1.64. The van der Waals surface area contributed by atoms with E-state index in [-0.39, 0.29) is 29.2 Å². The van der Waals surface area contributed by atoms with Crippen LogP contribution in [-0.2, 0) is 21.1 Å². The minimum atomic E-state index is -2.98. The lowest BCUT2D eigenvalue weighted by Crippen LogP contribution is -2.48. The molecule has 2 N–H and O–H groups in total. The van der Waals surface area contributed by atoms with Crippen molar-refractivity contribution in [2.45, 2.75) is 18.9 Å². The molecule has 2 aromatic rings. The normalized spacial score (nSPS) is 19.3. The van der Waals surface area contributed by atoms with Gasteiger partial charge in [0.2, 0.25) is 5.91 Å². The lowest BCUT2D eigenvalue weighted by atomic mass is 10.0. The molecular formula is C19H22N2O4S2. The van der Waals surface area contributed by atoms with Crippen LogP contribution in [0, 0.1) is 5.92 Å². The number of rotatable bonds is 7. The van der Waals surface area contributed by atoms with E-state index in [2.05, 4.69) is 10.6 Å². The SMILES string of the molecule is O=C(NC(Cc1ccccc1)C(=O)NCC1CCS(=O)(=O)C1)c1cccs1. The van der Waals surface area contributed by atoms with Gasteiger partial charge >= 0.3 is 0 Å². The fraction of sp³-hybridized carbons (Fsp3) is 0.368. The number of carbonyl (C=O) groups excluding carboxylic acids is 2. The molecule has 0 spiro atoms. The lowest BCUT2D eigenvalue weighted by Gasteiger charge is -2.19. The van der Waals surface area contributed by atoms with Crippen LogP contribution < -0.4 is 10.6 Å². The summed E-state index contributed by atoms with van der Waals surface area (Å²) in [7, 11) is -2.98. The van der Waals surface area contributed by atoms with Crippen LogP contribution in [-0.4, -0.2) is 44.3 Å². The van der Waals surface area contributed by atoms with Gasteiger partial charge in [-0.15, -0.1) is 11.3 Å². The molecule has 2 heterocycles. The standard InChI is InChI=1S/C19H22N2O4S2/c22-18(20-12-15-8-10-27(24,25)13-15)16(11-14-5-2-1-3-6-14)21-19(23)17-7-4-9-26-17/h1-7,9,15-16H,8,10-13H2,(H,20,22)(H,21,23). The smallest absolute Gasteiger partial charge is 0.262 e. The van der Waals surface area contributed by atoms with Gasteiger partial charge in [0.15, 0.2) is 9.84 Å². The van der Waals surface area contributed by atoms with Crippen molar-refractivity contribution in [1.29, 1.82) is 0 Å². The molecule has 1 saturated heterocycles. The van der Waals surface area contributed by atoms with Gasteiger partial charge in [-0.1, -0.05) is 36.4 Å². The summed E-state index contributed by atoms with van der Waals surface area (Å²) in [5.74, 6) is -0.365. The first-order valence-electron chi connectivity index (χ1n) is 8.79. The van der Waals surface area contributed by atoms with Crippen LogP contribution in [0.4, 0.5) is 0 Å². The summed E-state index contributed by atoms with van der Waals surface area (Å²) in [5.41, 5.74) is 0.938. The summed E-state index contributed by atoms with van der Waals surface area (Å²) in [6.07, 6.45) is 0.931. The molecule has 2 unspecified atom stereocenters. The molecule has 1 fully saturated rings. The van der Waals surface area contributed by atoms with Crippen molar-refractivity contribution in [3.63, 3.8) is 0 Å². The topological polar surface area (TPSA) is 92.3 Å². The van der Waals surface area contributed by atoms with E-state index in [1.165, 1.54) is 11.3 Å². The number of hydrogen-bond donors (Lipinski definition) is 2. The fourth-order valence-corrected chi connectivity index (χ4v) is 5.59. The third-order valence-corrected chi connectivity index (χ3v) is 7.25. The minimum absolute atomic E-state index is 0.0654. The molecule has 0 aliphatic carbocycles. The van der Waals surface area contributed by atoms with Crippen molar-refractivity contribution in [2.24, 2.45) is 5.92 Å². The average Bonchev–Trinajstić information content (AvgIpc) is 3.29. The number of benzene rings is 1. The number of carbonyl (C=O) groups is 2. The first-order chi connectivity index (χ1) is 12.9. The molecule has 8 heteroatoms. The third kappa shape index (κ3) is 5.64. The van der Waals surface area contributed by atoms with Gasteiger partial charge in [0.1, 0.15) is 6.04 Å². The van der Waals surface area contributed by atoms with Gasteiger partial charge in [0, 0.05) is 13.0 Å². The Kier molecular flexibility index (Phi) is 6.28. The van der Waals surface area contributed by atoms with E-state index in [0.29, 0.717) is 24.3 Å². The van der Waals surface area contributed by atoms with Gasteiger partial charge in [-0.2, -0.15) is 0 Å². The summed E-state index contributed by atoms with van der Waals surface area (Å²) < 4.78 is 23.1. The van der Waals surface area contributed by atoms with E-state index in [1.807, 2.05) is 35.7 Å². The average molecular weight is 407 g/mol. The van der Waals surface area contributed by atoms with Crippen molar-refractivity contribution >= 4 is 33.0 Å². The maximum atomic E-state index is 12.7. The molecule has 1 aromatic carbocycles. The molecule has 0 radical (unpaired) electrons. The molecule has 3 rings (SSSR count).